The molecule has 3 unspecified atom stereocenters. The molecule has 0 N–H and O–H groups in total. The third kappa shape index (κ3) is 4.74. The number of ether oxygens (including phenoxy) is 1. The molecule has 3 atom stereocenters. The minimum Gasteiger partial charge on any atom is -0.379 e. The minimum absolute atomic E-state index is 0.351. The van der Waals surface area contributed by atoms with Crippen LogP contribution in [0.1, 0.15) is 52.9 Å². The zero-order valence-electron chi connectivity index (χ0n) is 10.3. The van der Waals surface area contributed by atoms with E-state index in [0.29, 0.717) is 17.4 Å². The second-order valence-electron chi connectivity index (χ2n) is 5.07. The summed E-state index contributed by atoms with van der Waals surface area (Å²) >= 11 is 6.36. The van der Waals surface area contributed by atoms with E-state index in [2.05, 4.69) is 20.8 Å². The molecule has 1 aliphatic carbocycles. The van der Waals surface area contributed by atoms with Crippen molar-refractivity contribution in [3.05, 3.63) is 0 Å². The molecule has 1 rings (SSSR count). The molecule has 90 valence electrons. The van der Waals surface area contributed by atoms with Crippen LogP contribution < -0.4 is 0 Å². The van der Waals surface area contributed by atoms with Gasteiger partial charge in [0.25, 0.3) is 0 Å². The number of hydrogen-bond acceptors (Lipinski definition) is 1. The lowest BCUT2D eigenvalue weighted by molar-refractivity contribution is 0.0621. The first kappa shape index (κ1) is 13.3. The molecule has 0 heterocycles. The molecular weight excluding hydrogens is 208 g/mol. The van der Waals surface area contributed by atoms with Crippen LogP contribution >= 0.6 is 11.6 Å². The molecule has 0 aromatic carbocycles. The topological polar surface area (TPSA) is 9.23 Å². The number of alkyl halides is 1. The zero-order valence-corrected chi connectivity index (χ0v) is 11.1. The highest BCUT2D eigenvalue weighted by molar-refractivity contribution is 6.20. The van der Waals surface area contributed by atoms with E-state index in [-0.39, 0.29) is 0 Å². The van der Waals surface area contributed by atoms with Gasteiger partial charge in [-0.25, -0.2) is 0 Å². The Hall–Kier alpha value is 0.250. The van der Waals surface area contributed by atoms with Gasteiger partial charge in [0.05, 0.1) is 6.10 Å². The highest BCUT2D eigenvalue weighted by Crippen LogP contribution is 2.36. The molecule has 0 aromatic heterocycles. The molecule has 0 amide bonds. The Balaban J connectivity index is 2.25. The second kappa shape index (κ2) is 6.75. The zero-order chi connectivity index (χ0) is 11.3. The lowest BCUT2D eigenvalue weighted by Crippen LogP contribution is -2.26. The Bertz CT molecular complexity index is 170. The van der Waals surface area contributed by atoms with E-state index in [1.54, 1.807) is 0 Å². The van der Waals surface area contributed by atoms with Gasteiger partial charge in [0.1, 0.15) is 0 Å². The maximum absolute atomic E-state index is 6.36. The van der Waals surface area contributed by atoms with Gasteiger partial charge in [0.15, 0.2) is 0 Å². The van der Waals surface area contributed by atoms with E-state index in [0.717, 1.165) is 18.9 Å². The number of hydrogen-bond donors (Lipinski definition) is 0. The molecule has 0 bridgehead atoms. The van der Waals surface area contributed by atoms with Crippen molar-refractivity contribution >= 4 is 11.6 Å². The average molecular weight is 233 g/mol. The predicted octanol–water partition coefficient (Wildman–Crippen LogP) is 4.24. The monoisotopic (exact) mass is 232 g/mol. The molecule has 0 aromatic rings. The van der Waals surface area contributed by atoms with Crippen LogP contribution in [-0.2, 0) is 4.74 Å². The lowest BCUT2D eigenvalue weighted by atomic mass is 9.78. The summed E-state index contributed by atoms with van der Waals surface area (Å²) in [5.41, 5.74) is 0. The summed E-state index contributed by atoms with van der Waals surface area (Å²) in [4.78, 5) is 0. The fourth-order valence-electron chi connectivity index (χ4n) is 2.45. The van der Waals surface area contributed by atoms with Gasteiger partial charge in [-0.3, -0.25) is 0 Å². The molecule has 0 spiro atoms. The van der Waals surface area contributed by atoms with E-state index in [4.69, 9.17) is 16.3 Å². The lowest BCUT2D eigenvalue weighted by Gasteiger charge is -2.32. The first-order valence-corrected chi connectivity index (χ1v) is 6.82. The molecule has 1 saturated carbocycles. The Morgan fingerprint density at radius 2 is 2.07 bits per heavy atom. The van der Waals surface area contributed by atoms with E-state index in [1.807, 2.05) is 0 Å². The van der Waals surface area contributed by atoms with Gasteiger partial charge in [0.2, 0.25) is 0 Å². The highest BCUT2D eigenvalue weighted by atomic mass is 35.5. The van der Waals surface area contributed by atoms with Crippen LogP contribution in [0.5, 0.6) is 0 Å². The standard InChI is InChI=1S/C13H25ClO/c1-4-11-5-6-13(14)12(9-11)7-8-15-10(2)3/h10-13H,4-9H2,1-3H3. The van der Waals surface area contributed by atoms with Gasteiger partial charge >= 0.3 is 0 Å². The Labute approximate surface area is 99.5 Å². The van der Waals surface area contributed by atoms with Crippen LogP contribution in [0.4, 0.5) is 0 Å². The van der Waals surface area contributed by atoms with Crippen LogP contribution in [0.15, 0.2) is 0 Å². The van der Waals surface area contributed by atoms with Crippen molar-refractivity contribution in [3.63, 3.8) is 0 Å². The quantitative estimate of drug-likeness (QED) is 0.645. The van der Waals surface area contributed by atoms with Crippen LogP contribution in [0, 0.1) is 11.8 Å². The van der Waals surface area contributed by atoms with Gasteiger partial charge in [-0.05, 0) is 51.4 Å². The Morgan fingerprint density at radius 1 is 1.33 bits per heavy atom. The summed E-state index contributed by atoms with van der Waals surface area (Å²) in [5.74, 6) is 1.59. The highest BCUT2D eigenvalue weighted by Gasteiger charge is 2.27. The van der Waals surface area contributed by atoms with Gasteiger partial charge < -0.3 is 4.74 Å². The van der Waals surface area contributed by atoms with Gasteiger partial charge in [-0.15, -0.1) is 11.6 Å². The van der Waals surface area contributed by atoms with E-state index < -0.39 is 0 Å². The van der Waals surface area contributed by atoms with Gasteiger partial charge in [0, 0.05) is 12.0 Å². The van der Waals surface area contributed by atoms with Gasteiger partial charge in [-0.2, -0.15) is 0 Å². The number of rotatable bonds is 5. The molecular formula is C13H25ClO. The average Bonchev–Trinajstić information content (AvgIpc) is 2.20. The van der Waals surface area contributed by atoms with Crippen LogP contribution in [0.3, 0.4) is 0 Å². The molecule has 1 fully saturated rings. The van der Waals surface area contributed by atoms with Crippen LogP contribution in [-0.4, -0.2) is 18.1 Å². The minimum atomic E-state index is 0.351. The smallest absolute Gasteiger partial charge is 0.0518 e. The molecule has 0 aliphatic heterocycles. The first-order valence-electron chi connectivity index (χ1n) is 6.39. The second-order valence-corrected chi connectivity index (χ2v) is 5.63. The van der Waals surface area contributed by atoms with E-state index in [9.17, 15) is 0 Å². The summed E-state index contributed by atoms with van der Waals surface area (Å²) in [6.45, 7) is 7.35. The van der Waals surface area contributed by atoms with Crippen molar-refractivity contribution in [1.82, 2.24) is 0 Å². The van der Waals surface area contributed by atoms with Crippen LogP contribution in [0.2, 0.25) is 0 Å². The molecule has 15 heavy (non-hydrogen) atoms. The van der Waals surface area contributed by atoms with Crippen molar-refractivity contribution in [2.24, 2.45) is 11.8 Å². The Morgan fingerprint density at radius 3 is 2.67 bits per heavy atom. The Kier molecular flexibility index (Phi) is 5.99. The fourth-order valence-corrected chi connectivity index (χ4v) is 2.80. The van der Waals surface area contributed by atoms with E-state index >= 15 is 0 Å². The largest absolute Gasteiger partial charge is 0.379 e. The summed E-state index contributed by atoms with van der Waals surface area (Å²) in [6, 6.07) is 0. The molecule has 0 saturated heterocycles. The molecule has 1 nitrogen and oxygen atoms in total. The van der Waals surface area contributed by atoms with E-state index in [1.165, 1.54) is 25.7 Å². The first-order chi connectivity index (χ1) is 7.13. The van der Waals surface area contributed by atoms with Crippen molar-refractivity contribution in [2.45, 2.75) is 64.4 Å². The fraction of sp³-hybridized carbons (Fsp3) is 1.00. The number of halogens is 1. The summed E-state index contributed by atoms with van der Waals surface area (Å²) < 4.78 is 5.60. The van der Waals surface area contributed by atoms with Gasteiger partial charge in [-0.1, -0.05) is 13.3 Å². The molecule has 2 heteroatoms. The normalized spacial score (nSPS) is 32.2. The SMILES string of the molecule is CCC1CCC(Cl)C(CCOC(C)C)C1. The summed E-state index contributed by atoms with van der Waals surface area (Å²) in [6.07, 6.45) is 6.64. The summed E-state index contributed by atoms with van der Waals surface area (Å²) in [7, 11) is 0. The van der Waals surface area contributed by atoms with Crippen molar-refractivity contribution in [3.8, 4) is 0 Å². The third-order valence-electron chi connectivity index (χ3n) is 3.52. The predicted molar refractivity (Wildman–Crippen MR) is 66.5 cm³/mol. The molecule has 1 aliphatic rings. The van der Waals surface area contributed by atoms with Crippen LogP contribution in [0.25, 0.3) is 0 Å². The van der Waals surface area contributed by atoms with Crippen molar-refractivity contribution in [2.75, 3.05) is 6.61 Å². The van der Waals surface area contributed by atoms with Crippen molar-refractivity contribution in [1.29, 1.82) is 0 Å². The molecule has 0 radical (unpaired) electrons. The summed E-state index contributed by atoms with van der Waals surface area (Å²) in [5, 5.41) is 0.392. The maximum atomic E-state index is 6.36. The van der Waals surface area contributed by atoms with Crippen molar-refractivity contribution < 1.29 is 4.74 Å². The maximum Gasteiger partial charge on any atom is 0.0518 e. The third-order valence-corrected chi connectivity index (χ3v) is 4.09.